The largest absolute Gasteiger partial charge is 0.329 e. The molecule has 2 heterocycles. The van der Waals surface area contributed by atoms with Crippen LogP contribution in [-0.2, 0) is 0 Å². The van der Waals surface area contributed by atoms with Crippen LogP contribution in [0.2, 0.25) is 0 Å². The lowest BCUT2D eigenvalue weighted by atomic mass is 10.3. The zero-order chi connectivity index (χ0) is 9.10. The van der Waals surface area contributed by atoms with E-state index in [1.807, 2.05) is 42.0 Å². The van der Waals surface area contributed by atoms with Crippen molar-refractivity contribution >= 4 is 23.5 Å². The molecular weight excluding hydrogens is 200 g/mol. The van der Waals surface area contributed by atoms with Crippen LogP contribution in [0, 0.1) is 0 Å². The lowest BCUT2D eigenvalue weighted by molar-refractivity contribution is 0.971. The predicted octanol–water partition coefficient (Wildman–Crippen LogP) is 1.89. The van der Waals surface area contributed by atoms with Crippen LogP contribution in [0.25, 0.3) is 0 Å². The van der Waals surface area contributed by atoms with E-state index in [1.165, 1.54) is 11.3 Å². The Morgan fingerprint density at radius 3 is 3.15 bits per heavy atom. The van der Waals surface area contributed by atoms with Gasteiger partial charge in [0.1, 0.15) is 0 Å². The molecule has 0 aromatic carbocycles. The molecule has 0 spiro atoms. The summed E-state index contributed by atoms with van der Waals surface area (Å²) in [4.78, 5) is 4.12. The third kappa shape index (κ3) is 2.18. The number of thioether (sulfide) groups is 2. The Kier molecular flexibility index (Phi) is 3.14. The van der Waals surface area contributed by atoms with Gasteiger partial charge in [-0.25, -0.2) is 0 Å². The molecule has 2 nitrogen and oxygen atoms in total. The zero-order valence-electron chi connectivity index (χ0n) is 7.22. The third-order valence-electron chi connectivity index (χ3n) is 1.97. The number of hydrogen-bond donors (Lipinski definition) is 1. The number of aromatic nitrogens is 1. The highest BCUT2D eigenvalue weighted by atomic mass is 32.2. The van der Waals surface area contributed by atoms with E-state index in [-0.39, 0.29) is 0 Å². The van der Waals surface area contributed by atoms with Crippen molar-refractivity contribution in [2.24, 2.45) is 5.73 Å². The number of nitrogens with zero attached hydrogens (tertiary/aromatic N) is 1. The number of rotatable bonds is 2. The standard InChI is InChI=1S/C9H12N2S2/c10-4-8-6-12-9(13-8)7-2-1-3-11-5-7/h1-3,5,8-9H,4,6,10H2. The highest BCUT2D eigenvalue weighted by Gasteiger charge is 2.25. The second-order valence-corrected chi connectivity index (χ2v) is 5.79. The summed E-state index contributed by atoms with van der Waals surface area (Å²) in [5.74, 6) is 1.17. The van der Waals surface area contributed by atoms with Crippen LogP contribution < -0.4 is 5.73 Å². The Balaban J connectivity index is 2.04. The van der Waals surface area contributed by atoms with Gasteiger partial charge in [-0.1, -0.05) is 6.07 Å². The Morgan fingerprint density at radius 2 is 2.54 bits per heavy atom. The van der Waals surface area contributed by atoms with Crippen LogP contribution in [0.5, 0.6) is 0 Å². The average Bonchev–Trinajstić information content (AvgIpc) is 2.67. The smallest absolute Gasteiger partial charge is 0.0770 e. The molecule has 1 fully saturated rings. The first kappa shape index (κ1) is 9.37. The van der Waals surface area contributed by atoms with Crippen molar-refractivity contribution in [1.82, 2.24) is 4.98 Å². The summed E-state index contributed by atoms with van der Waals surface area (Å²) >= 11 is 3.93. The lowest BCUT2D eigenvalue weighted by Crippen LogP contribution is -2.15. The molecule has 1 aromatic heterocycles. The maximum atomic E-state index is 5.62. The lowest BCUT2D eigenvalue weighted by Gasteiger charge is -2.07. The molecule has 1 aliphatic heterocycles. The van der Waals surface area contributed by atoms with Gasteiger partial charge in [0, 0.05) is 29.9 Å². The monoisotopic (exact) mass is 212 g/mol. The first-order valence-corrected chi connectivity index (χ1v) is 6.26. The van der Waals surface area contributed by atoms with E-state index in [0.717, 1.165) is 6.54 Å². The fourth-order valence-electron chi connectivity index (χ4n) is 1.26. The minimum atomic E-state index is 0.544. The van der Waals surface area contributed by atoms with Gasteiger partial charge in [-0.05, 0) is 11.6 Å². The first-order valence-electron chi connectivity index (χ1n) is 4.27. The van der Waals surface area contributed by atoms with E-state index >= 15 is 0 Å². The molecule has 2 unspecified atom stereocenters. The van der Waals surface area contributed by atoms with E-state index in [4.69, 9.17) is 5.73 Å². The van der Waals surface area contributed by atoms with E-state index in [1.54, 1.807) is 0 Å². The van der Waals surface area contributed by atoms with Crippen molar-refractivity contribution in [3.63, 3.8) is 0 Å². The molecule has 4 heteroatoms. The van der Waals surface area contributed by atoms with E-state index < -0.39 is 0 Å². The third-order valence-corrected chi connectivity index (χ3v) is 5.35. The summed E-state index contributed by atoms with van der Waals surface area (Å²) in [6.07, 6.45) is 3.76. The van der Waals surface area contributed by atoms with Crippen LogP contribution in [-0.4, -0.2) is 22.5 Å². The second kappa shape index (κ2) is 4.35. The van der Waals surface area contributed by atoms with Gasteiger partial charge in [0.2, 0.25) is 0 Å². The first-order chi connectivity index (χ1) is 6.40. The molecule has 0 saturated carbocycles. The molecule has 2 rings (SSSR count). The Morgan fingerprint density at radius 1 is 1.62 bits per heavy atom. The van der Waals surface area contributed by atoms with Crippen molar-refractivity contribution < 1.29 is 0 Å². The predicted molar refractivity (Wildman–Crippen MR) is 59.9 cm³/mol. The summed E-state index contributed by atoms with van der Waals surface area (Å²) in [5, 5.41) is 0.621. The van der Waals surface area contributed by atoms with Gasteiger partial charge in [0.05, 0.1) is 4.58 Å². The summed E-state index contributed by atoms with van der Waals surface area (Å²) in [6.45, 7) is 0.786. The van der Waals surface area contributed by atoms with E-state index in [0.29, 0.717) is 9.83 Å². The maximum absolute atomic E-state index is 5.62. The van der Waals surface area contributed by atoms with Gasteiger partial charge in [0.25, 0.3) is 0 Å². The Bertz CT molecular complexity index is 266. The summed E-state index contributed by atoms with van der Waals surface area (Å²) in [6, 6.07) is 4.13. The van der Waals surface area contributed by atoms with Crippen LogP contribution in [0.4, 0.5) is 0 Å². The summed E-state index contributed by atoms with van der Waals surface area (Å²) in [5.41, 5.74) is 6.94. The highest BCUT2D eigenvalue weighted by molar-refractivity contribution is 8.19. The number of nitrogens with two attached hydrogens (primary N) is 1. The van der Waals surface area contributed by atoms with E-state index in [9.17, 15) is 0 Å². The van der Waals surface area contributed by atoms with Crippen LogP contribution in [0.1, 0.15) is 10.1 Å². The second-order valence-electron chi connectivity index (χ2n) is 2.95. The number of hydrogen-bond acceptors (Lipinski definition) is 4. The molecule has 0 bridgehead atoms. The van der Waals surface area contributed by atoms with Crippen LogP contribution in [0.15, 0.2) is 24.5 Å². The molecule has 0 radical (unpaired) electrons. The molecule has 0 aliphatic carbocycles. The van der Waals surface area contributed by atoms with Gasteiger partial charge >= 0.3 is 0 Å². The average molecular weight is 212 g/mol. The molecule has 2 N–H and O–H groups in total. The SMILES string of the molecule is NCC1CSC(c2cccnc2)S1. The maximum Gasteiger partial charge on any atom is 0.0770 e. The minimum Gasteiger partial charge on any atom is -0.329 e. The van der Waals surface area contributed by atoms with Crippen molar-refractivity contribution in [1.29, 1.82) is 0 Å². The van der Waals surface area contributed by atoms with Crippen molar-refractivity contribution in [2.75, 3.05) is 12.3 Å². The number of pyridine rings is 1. The summed E-state index contributed by atoms with van der Waals surface area (Å²) < 4.78 is 0.544. The summed E-state index contributed by atoms with van der Waals surface area (Å²) in [7, 11) is 0. The Labute approximate surface area is 86.7 Å². The normalized spacial score (nSPS) is 27.8. The van der Waals surface area contributed by atoms with Crippen LogP contribution in [0.3, 0.4) is 0 Å². The molecule has 70 valence electrons. The van der Waals surface area contributed by atoms with Crippen LogP contribution >= 0.6 is 23.5 Å². The molecule has 2 atom stereocenters. The molecule has 1 saturated heterocycles. The fourth-order valence-corrected chi connectivity index (χ4v) is 4.45. The minimum absolute atomic E-state index is 0.544. The molecule has 1 aromatic rings. The molecule has 1 aliphatic rings. The molecule has 13 heavy (non-hydrogen) atoms. The van der Waals surface area contributed by atoms with Crippen molar-refractivity contribution in [3.05, 3.63) is 30.1 Å². The van der Waals surface area contributed by atoms with Gasteiger partial charge in [0.15, 0.2) is 0 Å². The Hall–Kier alpha value is -0.190. The quantitative estimate of drug-likeness (QED) is 0.812. The molecule has 0 amide bonds. The zero-order valence-corrected chi connectivity index (χ0v) is 8.85. The van der Waals surface area contributed by atoms with Crippen molar-refractivity contribution in [3.8, 4) is 0 Å². The van der Waals surface area contributed by atoms with Gasteiger partial charge in [-0.2, -0.15) is 0 Å². The topological polar surface area (TPSA) is 38.9 Å². The van der Waals surface area contributed by atoms with Gasteiger partial charge < -0.3 is 5.73 Å². The van der Waals surface area contributed by atoms with Gasteiger partial charge in [-0.15, -0.1) is 23.5 Å². The van der Waals surface area contributed by atoms with E-state index in [2.05, 4.69) is 11.1 Å². The van der Waals surface area contributed by atoms with Gasteiger partial charge in [-0.3, -0.25) is 4.98 Å². The fraction of sp³-hybridized carbons (Fsp3) is 0.444. The molecular formula is C9H12N2S2. The highest BCUT2D eigenvalue weighted by Crippen LogP contribution is 2.48. The van der Waals surface area contributed by atoms with Crippen molar-refractivity contribution in [2.45, 2.75) is 9.83 Å².